The summed E-state index contributed by atoms with van der Waals surface area (Å²) in [5.74, 6) is 0. The lowest BCUT2D eigenvalue weighted by atomic mass is 10.3. The monoisotopic (exact) mass is 411 g/mol. The van der Waals surface area contributed by atoms with Crippen molar-refractivity contribution in [2.75, 3.05) is 12.8 Å². The molecule has 0 amide bonds. The molecule has 7 nitrogen and oxygen atoms in total. The minimum Gasteiger partial charge on any atom is -0.397 e. The third-order valence-corrected chi connectivity index (χ3v) is 4.75. The lowest BCUT2D eigenvalue weighted by Gasteiger charge is -1.95. The molecule has 0 radical (unpaired) electrons. The first kappa shape index (κ1) is 20.4. The number of benzene rings is 2. The Hall–Kier alpha value is -1.65. The Labute approximate surface area is 150 Å². The average molecular weight is 412 g/mol. The van der Waals surface area contributed by atoms with E-state index in [1.54, 1.807) is 18.2 Å². The molecule has 0 saturated heterocycles. The fourth-order valence-electron chi connectivity index (χ4n) is 1.44. The van der Waals surface area contributed by atoms with Gasteiger partial charge in [0.2, 0.25) is 5.69 Å². The standard InChI is InChI=1S/C7H7NO5S2.C6H5Cl2N/c1-8(14(9)10)6-3-2-4-7(5-6)15(11,12)13;7-4-1-2-5(8)6(9)3-4/h2-5H,1H3;1-3H,9H2/p+1. The van der Waals surface area contributed by atoms with Crippen molar-refractivity contribution in [1.29, 1.82) is 0 Å². The molecule has 0 saturated carbocycles. The normalized spacial score (nSPS) is 10.5. The van der Waals surface area contributed by atoms with Gasteiger partial charge in [-0.3, -0.25) is 4.55 Å². The zero-order chi connectivity index (χ0) is 18.5. The predicted octanol–water partition coefficient (Wildman–Crippen LogP) is 2.85. The highest BCUT2D eigenvalue weighted by molar-refractivity contribution is 7.85. The summed E-state index contributed by atoms with van der Waals surface area (Å²) in [5, 5.41) is 1.15. The fourth-order valence-corrected chi connectivity index (χ4v) is 2.54. The predicted molar refractivity (Wildman–Crippen MR) is 91.9 cm³/mol. The van der Waals surface area contributed by atoms with Crippen LogP contribution < -0.4 is 5.73 Å². The van der Waals surface area contributed by atoms with Gasteiger partial charge in [0.1, 0.15) is 4.90 Å². The van der Waals surface area contributed by atoms with Crippen LogP contribution in [-0.4, -0.2) is 32.4 Å². The van der Waals surface area contributed by atoms with Gasteiger partial charge >= 0.3 is 10.5 Å². The van der Waals surface area contributed by atoms with Crippen molar-refractivity contribution >= 4 is 55.2 Å². The van der Waals surface area contributed by atoms with Crippen molar-refractivity contribution in [2.45, 2.75) is 4.90 Å². The maximum absolute atomic E-state index is 10.8. The zero-order valence-electron chi connectivity index (χ0n) is 12.2. The second kappa shape index (κ2) is 8.45. The molecule has 3 N–H and O–H groups in total. The number of nitrogens with zero attached hydrogens (tertiary/aromatic N) is 1. The van der Waals surface area contributed by atoms with Gasteiger partial charge in [-0.25, -0.2) is 0 Å². The van der Waals surface area contributed by atoms with Crippen molar-refractivity contribution in [3.05, 3.63) is 52.5 Å². The number of nitrogen functional groups attached to an aromatic ring is 1. The van der Waals surface area contributed by atoms with Gasteiger partial charge in [-0.05, 0) is 24.3 Å². The minimum atomic E-state index is -4.31. The molecule has 0 heterocycles. The largest absolute Gasteiger partial charge is 0.464 e. The van der Waals surface area contributed by atoms with Crippen molar-refractivity contribution in [3.63, 3.8) is 0 Å². The van der Waals surface area contributed by atoms with Crippen LogP contribution in [0.1, 0.15) is 0 Å². The van der Waals surface area contributed by atoms with Crippen molar-refractivity contribution in [2.24, 2.45) is 0 Å². The van der Waals surface area contributed by atoms with Gasteiger partial charge in [-0.2, -0.15) is 8.42 Å². The van der Waals surface area contributed by atoms with E-state index in [4.69, 9.17) is 33.5 Å². The molecule has 11 heteroatoms. The van der Waals surface area contributed by atoms with Gasteiger partial charge < -0.3 is 5.73 Å². The van der Waals surface area contributed by atoms with E-state index in [0.29, 0.717) is 15.7 Å². The third-order valence-electron chi connectivity index (χ3n) is 2.66. The van der Waals surface area contributed by atoms with Gasteiger partial charge in [0.15, 0.2) is 7.05 Å². The molecule has 0 aliphatic carbocycles. The molecule has 24 heavy (non-hydrogen) atoms. The molecule has 0 atom stereocenters. The Morgan fingerprint density at radius 1 is 1.12 bits per heavy atom. The highest BCUT2D eigenvalue weighted by Crippen LogP contribution is 2.21. The summed E-state index contributed by atoms with van der Waals surface area (Å²) in [5.41, 5.74) is 6.07. The van der Waals surface area contributed by atoms with Crippen LogP contribution in [-0.2, 0) is 20.6 Å². The van der Waals surface area contributed by atoms with E-state index in [2.05, 4.69) is 0 Å². The number of hydrogen-bond donors (Lipinski definition) is 2. The van der Waals surface area contributed by atoms with Crippen LogP contribution in [0.15, 0.2) is 47.4 Å². The Morgan fingerprint density at radius 2 is 1.75 bits per heavy atom. The maximum atomic E-state index is 10.8. The van der Waals surface area contributed by atoms with Gasteiger partial charge in [-0.1, -0.05) is 33.2 Å². The molecule has 0 spiro atoms. The van der Waals surface area contributed by atoms with E-state index < -0.39 is 20.6 Å². The van der Waals surface area contributed by atoms with Crippen LogP contribution in [0.25, 0.3) is 0 Å². The van der Waals surface area contributed by atoms with Crippen molar-refractivity contribution < 1.29 is 25.3 Å². The Kier molecular flexibility index (Phi) is 7.18. The highest BCUT2D eigenvalue weighted by Gasteiger charge is 2.14. The van der Waals surface area contributed by atoms with Crippen molar-refractivity contribution in [1.82, 2.24) is 0 Å². The first-order valence-corrected chi connectivity index (χ1v) is 9.36. The van der Waals surface area contributed by atoms with Crippen LogP contribution in [0.4, 0.5) is 11.4 Å². The Morgan fingerprint density at radius 3 is 2.21 bits per heavy atom. The number of anilines is 1. The maximum Gasteiger partial charge on any atom is 0.464 e. The molecule has 0 bridgehead atoms. The van der Waals surface area contributed by atoms with Gasteiger partial charge in [0.25, 0.3) is 10.1 Å². The summed E-state index contributed by atoms with van der Waals surface area (Å²) in [6, 6.07) is 9.95. The molecular formula is C13H13Cl2N2O5S2+. The van der Waals surface area contributed by atoms with E-state index in [9.17, 15) is 16.8 Å². The SMILES string of the molecule is C[N+](c1cccc(S(=O)(=O)O)c1)=S(=O)=O.Nc1cc(Cl)ccc1Cl. The van der Waals surface area contributed by atoms with E-state index in [1.807, 2.05) is 0 Å². The lowest BCUT2D eigenvalue weighted by molar-refractivity contribution is -0.377. The lowest BCUT2D eigenvalue weighted by Crippen LogP contribution is -2.00. The van der Waals surface area contributed by atoms with Crippen LogP contribution in [0, 0.1) is 0 Å². The summed E-state index contributed by atoms with van der Waals surface area (Å²) in [7, 11) is -5.55. The third kappa shape index (κ3) is 6.10. The molecule has 0 fully saturated rings. The summed E-state index contributed by atoms with van der Waals surface area (Å²) in [4.78, 5) is -0.350. The molecular weight excluding hydrogens is 399 g/mol. The molecule has 130 valence electrons. The highest BCUT2D eigenvalue weighted by atomic mass is 35.5. The topological polar surface area (TPSA) is 118 Å². The molecule has 2 rings (SSSR count). The first-order chi connectivity index (χ1) is 11.0. The molecule has 2 aromatic rings. The van der Waals surface area contributed by atoms with Crippen LogP contribution >= 0.6 is 23.2 Å². The van der Waals surface area contributed by atoms with Gasteiger partial charge in [0, 0.05) is 17.2 Å². The molecule has 2 aromatic carbocycles. The first-order valence-electron chi connectivity index (χ1n) is 6.13. The number of hydrogen-bond acceptors (Lipinski definition) is 5. The minimum absolute atomic E-state index is 0.151. The molecule has 0 aliphatic rings. The fraction of sp³-hybridized carbons (Fsp3) is 0.0769. The molecule has 0 aliphatic heterocycles. The molecule has 0 unspecified atom stereocenters. The number of rotatable bonds is 2. The van der Waals surface area contributed by atoms with Crippen molar-refractivity contribution in [3.8, 4) is 0 Å². The van der Waals surface area contributed by atoms with Crippen LogP contribution in [0.2, 0.25) is 10.0 Å². The van der Waals surface area contributed by atoms with E-state index >= 15 is 0 Å². The smallest absolute Gasteiger partial charge is 0.397 e. The summed E-state index contributed by atoms with van der Waals surface area (Å²) in [6.07, 6.45) is 0. The van der Waals surface area contributed by atoms with Crippen LogP contribution in [0.5, 0.6) is 0 Å². The van der Waals surface area contributed by atoms with E-state index in [0.717, 1.165) is 10.0 Å². The van der Waals surface area contributed by atoms with Crippen LogP contribution in [0.3, 0.4) is 0 Å². The number of nitrogens with two attached hydrogens (primary N) is 1. The average Bonchev–Trinajstić information content (AvgIpc) is 2.50. The van der Waals surface area contributed by atoms with Gasteiger partial charge in [0.05, 0.1) is 10.7 Å². The molecule has 0 aromatic heterocycles. The Bertz CT molecular complexity index is 981. The van der Waals surface area contributed by atoms with E-state index in [1.165, 1.54) is 25.2 Å². The quantitative estimate of drug-likeness (QED) is 0.445. The Balaban J connectivity index is 0.000000272. The summed E-state index contributed by atoms with van der Waals surface area (Å²) < 4.78 is 52.2. The van der Waals surface area contributed by atoms with Gasteiger partial charge in [-0.15, -0.1) is 8.42 Å². The zero-order valence-corrected chi connectivity index (χ0v) is 15.4. The summed E-state index contributed by atoms with van der Waals surface area (Å²) >= 11 is 11.2. The number of halogens is 2. The second-order valence-corrected chi connectivity index (χ2v) is 7.60. The van der Waals surface area contributed by atoms with E-state index in [-0.39, 0.29) is 10.6 Å². The second-order valence-electron chi connectivity index (χ2n) is 4.35. The summed E-state index contributed by atoms with van der Waals surface area (Å²) in [6.45, 7) is 0.